The molecule has 0 radical (unpaired) electrons. The smallest absolute Gasteiger partial charge is 0.328 e. The molecule has 2 amide bonds. The van der Waals surface area contributed by atoms with Gasteiger partial charge in [-0.1, -0.05) is 6.07 Å². The topological polar surface area (TPSA) is 171 Å². The highest BCUT2D eigenvalue weighted by molar-refractivity contribution is 7.89. The Morgan fingerprint density at radius 3 is 2.74 bits per heavy atom. The van der Waals surface area contributed by atoms with Crippen LogP contribution in [0.15, 0.2) is 41.6 Å². The first-order valence-electron chi connectivity index (χ1n) is 12.7. The number of sulfonamides is 1. The van der Waals surface area contributed by atoms with E-state index in [1.165, 1.54) is 30.1 Å². The second-order valence-corrected chi connectivity index (χ2v) is 11.4. The first-order chi connectivity index (χ1) is 18.2. The fourth-order valence-electron chi connectivity index (χ4n) is 4.34. The van der Waals surface area contributed by atoms with Gasteiger partial charge in [0.1, 0.15) is 16.8 Å². The summed E-state index contributed by atoms with van der Waals surface area (Å²) in [7, 11) is -3.76. The summed E-state index contributed by atoms with van der Waals surface area (Å²) in [4.78, 5) is 44.8. The number of carbonyl (C=O) groups is 3. The quantitative estimate of drug-likeness (QED) is 0.279. The van der Waals surface area contributed by atoms with Gasteiger partial charge in [-0.25, -0.2) is 18.2 Å². The number of rotatable bonds is 12. The summed E-state index contributed by atoms with van der Waals surface area (Å²) in [5.74, 6) is -1.89. The number of aliphatic carboxylic acids is 1. The zero-order chi connectivity index (χ0) is 27.1. The van der Waals surface area contributed by atoms with Crippen LogP contribution in [0.3, 0.4) is 0 Å². The molecule has 0 spiro atoms. The van der Waals surface area contributed by atoms with Crippen LogP contribution in [0.2, 0.25) is 0 Å². The van der Waals surface area contributed by atoms with Gasteiger partial charge in [0.25, 0.3) is 0 Å². The van der Waals surface area contributed by atoms with Gasteiger partial charge in [-0.15, -0.1) is 0 Å². The molecule has 2 aromatic heterocycles. The summed E-state index contributed by atoms with van der Waals surface area (Å²) in [5.41, 5.74) is 2.19. The predicted molar refractivity (Wildman–Crippen MR) is 138 cm³/mol. The summed E-state index contributed by atoms with van der Waals surface area (Å²) in [6.45, 7) is 0.546. The summed E-state index contributed by atoms with van der Waals surface area (Å²) in [6.07, 6.45) is 7.17. The molecule has 1 saturated heterocycles. The SMILES string of the molecule is O=C(CCCCc1ccc2c(n1)NCCC2)NCC(NC(=O)C1CN(S(=O)(=O)c2cccnc2)C1)C(=O)O. The lowest BCUT2D eigenvalue weighted by atomic mass is 10.0. The van der Waals surface area contributed by atoms with Gasteiger partial charge in [0.2, 0.25) is 21.8 Å². The van der Waals surface area contributed by atoms with Crippen LogP contribution < -0.4 is 16.0 Å². The Morgan fingerprint density at radius 2 is 2.00 bits per heavy atom. The molecule has 4 N–H and O–H groups in total. The third-order valence-electron chi connectivity index (χ3n) is 6.65. The highest BCUT2D eigenvalue weighted by atomic mass is 32.2. The molecule has 204 valence electrons. The van der Waals surface area contributed by atoms with Crippen molar-refractivity contribution < 1.29 is 27.9 Å². The van der Waals surface area contributed by atoms with E-state index in [2.05, 4.69) is 32.0 Å². The number of aromatic nitrogens is 2. The maximum absolute atomic E-state index is 12.5. The van der Waals surface area contributed by atoms with Crippen molar-refractivity contribution in [2.45, 2.75) is 49.5 Å². The van der Waals surface area contributed by atoms with E-state index in [9.17, 15) is 27.9 Å². The van der Waals surface area contributed by atoms with Gasteiger partial charge in [0, 0.05) is 50.7 Å². The third-order valence-corrected chi connectivity index (χ3v) is 8.46. The Bertz CT molecular complexity index is 1270. The van der Waals surface area contributed by atoms with Crippen molar-refractivity contribution in [1.82, 2.24) is 24.9 Å². The van der Waals surface area contributed by atoms with Crippen molar-refractivity contribution in [2.24, 2.45) is 5.92 Å². The zero-order valence-electron chi connectivity index (χ0n) is 20.9. The molecule has 38 heavy (non-hydrogen) atoms. The van der Waals surface area contributed by atoms with Gasteiger partial charge < -0.3 is 21.1 Å². The van der Waals surface area contributed by atoms with Crippen molar-refractivity contribution >= 4 is 33.6 Å². The van der Waals surface area contributed by atoms with Gasteiger partial charge >= 0.3 is 5.97 Å². The molecule has 2 aliphatic rings. The minimum atomic E-state index is -3.76. The summed E-state index contributed by atoms with van der Waals surface area (Å²) >= 11 is 0. The molecular formula is C25H32N6O6S. The number of aryl methyl sites for hydroxylation is 2. The maximum atomic E-state index is 12.5. The van der Waals surface area contributed by atoms with Crippen LogP contribution >= 0.6 is 0 Å². The molecule has 4 rings (SSSR count). The van der Waals surface area contributed by atoms with Gasteiger partial charge in [-0.3, -0.25) is 14.6 Å². The van der Waals surface area contributed by atoms with Crippen LogP contribution in [0.25, 0.3) is 0 Å². The monoisotopic (exact) mass is 544 g/mol. The fraction of sp³-hybridized carbons (Fsp3) is 0.480. The first kappa shape index (κ1) is 27.5. The number of hydrogen-bond acceptors (Lipinski definition) is 8. The lowest BCUT2D eigenvalue weighted by molar-refractivity contribution is -0.143. The van der Waals surface area contributed by atoms with Crippen molar-refractivity contribution in [1.29, 1.82) is 0 Å². The van der Waals surface area contributed by atoms with Crippen LogP contribution in [0, 0.1) is 5.92 Å². The number of carbonyl (C=O) groups excluding carboxylic acids is 2. The number of hydrogen-bond donors (Lipinski definition) is 4. The average molecular weight is 545 g/mol. The van der Waals surface area contributed by atoms with Gasteiger partial charge in [0.15, 0.2) is 0 Å². The number of fused-ring (bicyclic) bond motifs is 1. The number of nitrogens with one attached hydrogen (secondary N) is 3. The fourth-order valence-corrected chi connectivity index (χ4v) is 5.84. The summed E-state index contributed by atoms with van der Waals surface area (Å²) < 4.78 is 26.2. The van der Waals surface area contributed by atoms with Gasteiger partial charge in [-0.2, -0.15) is 4.31 Å². The van der Waals surface area contributed by atoms with Crippen molar-refractivity contribution in [2.75, 3.05) is 31.5 Å². The highest BCUT2D eigenvalue weighted by Crippen LogP contribution is 2.25. The normalized spacial score (nSPS) is 16.4. The Balaban J connectivity index is 1.15. The Hall–Kier alpha value is -3.58. The molecule has 0 aliphatic carbocycles. The second kappa shape index (κ2) is 12.3. The number of anilines is 1. The largest absolute Gasteiger partial charge is 0.480 e. The Morgan fingerprint density at radius 1 is 1.18 bits per heavy atom. The number of unbranched alkanes of at least 4 members (excludes halogenated alkanes) is 1. The zero-order valence-corrected chi connectivity index (χ0v) is 21.7. The van der Waals surface area contributed by atoms with E-state index in [-0.39, 0.29) is 36.9 Å². The van der Waals surface area contributed by atoms with E-state index in [1.807, 2.05) is 6.07 Å². The van der Waals surface area contributed by atoms with E-state index in [1.54, 1.807) is 0 Å². The van der Waals surface area contributed by atoms with Crippen LogP contribution in [0.1, 0.15) is 36.9 Å². The third kappa shape index (κ3) is 6.84. The minimum absolute atomic E-state index is 0.0286. The van der Waals surface area contributed by atoms with Crippen LogP contribution in [-0.4, -0.2) is 77.8 Å². The molecule has 1 fully saturated rings. The Labute approximate surface area is 221 Å². The Kier molecular flexibility index (Phi) is 8.89. The van der Waals surface area contributed by atoms with Crippen molar-refractivity contribution in [3.8, 4) is 0 Å². The molecule has 0 aromatic carbocycles. The molecule has 2 aromatic rings. The molecule has 4 heterocycles. The van der Waals surface area contributed by atoms with Gasteiger partial charge in [-0.05, 0) is 55.9 Å². The van der Waals surface area contributed by atoms with Gasteiger partial charge in [0.05, 0.1) is 5.92 Å². The van der Waals surface area contributed by atoms with E-state index < -0.39 is 33.9 Å². The number of carboxylic acids is 1. The molecule has 1 atom stereocenters. The number of amides is 2. The molecule has 0 bridgehead atoms. The highest BCUT2D eigenvalue weighted by Gasteiger charge is 2.41. The van der Waals surface area contributed by atoms with E-state index in [4.69, 9.17) is 0 Å². The average Bonchev–Trinajstić information content (AvgIpc) is 2.88. The van der Waals surface area contributed by atoms with Crippen LogP contribution in [0.4, 0.5) is 5.82 Å². The maximum Gasteiger partial charge on any atom is 0.328 e. The van der Waals surface area contributed by atoms with Crippen molar-refractivity contribution in [3.05, 3.63) is 47.9 Å². The lowest BCUT2D eigenvalue weighted by Crippen LogP contribution is -2.58. The molecule has 1 unspecified atom stereocenters. The molecule has 13 heteroatoms. The summed E-state index contributed by atoms with van der Waals surface area (Å²) in [6, 6.07) is 5.72. The lowest BCUT2D eigenvalue weighted by Gasteiger charge is -2.37. The minimum Gasteiger partial charge on any atom is -0.480 e. The van der Waals surface area contributed by atoms with E-state index in [0.29, 0.717) is 6.42 Å². The molecule has 2 aliphatic heterocycles. The predicted octanol–water partition coefficient (Wildman–Crippen LogP) is 0.554. The number of carboxylic acid groups (broad SMARTS) is 1. The standard InChI is InChI=1S/C25H32N6O6S/c32-22(8-2-1-6-19-10-9-17-5-3-12-27-23(17)29-19)28-14-21(25(34)35)30-24(33)18-15-31(16-18)38(36,37)20-7-4-11-26-13-20/h4,7,9-11,13,18,21H,1-3,5-6,8,12,14-16H2,(H,27,29)(H,28,32)(H,30,33)(H,34,35). The molecule has 0 saturated carbocycles. The first-order valence-corrected chi connectivity index (χ1v) is 14.1. The van der Waals surface area contributed by atoms with Crippen LogP contribution in [-0.2, 0) is 37.2 Å². The van der Waals surface area contributed by atoms with E-state index >= 15 is 0 Å². The second-order valence-electron chi connectivity index (χ2n) is 9.46. The van der Waals surface area contributed by atoms with Crippen LogP contribution in [0.5, 0.6) is 0 Å². The number of nitrogens with zero attached hydrogens (tertiary/aromatic N) is 3. The number of pyridine rings is 2. The molecular weight excluding hydrogens is 512 g/mol. The summed E-state index contributed by atoms with van der Waals surface area (Å²) in [5, 5.41) is 17.7. The molecule has 12 nitrogen and oxygen atoms in total. The van der Waals surface area contributed by atoms with E-state index in [0.717, 1.165) is 48.0 Å². The van der Waals surface area contributed by atoms with Crippen molar-refractivity contribution in [3.63, 3.8) is 0 Å².